The summed E-state index contributed by atoms with van der Waals surface area (Å²) in [5, 5.41) is 24.9. The Morgan fingerprint density at radius 1 is 0.947 bits per heavy atom. The van der Waals surface area contributed by atoms with Gasteiger partial charge >= 0.3 is 12.1 Å². The number of carboxylic acids is 1. The van der Waals surface area contributed by atoms with Crippen LogP contribution in [0, 0.1) is 11.6 Å². The highest BCUT2D eigenvalue weighted by molar-refractivity contribution is 7.10. The highest BCUT2D eigenvalue weighted by Gasteiger charge is 2.38. The molecule has 13 heteroatoms. The summed E-state index contributed by atoms with van der Waals surface area (Å²) >= 11 is 1.54. The molecule has 2 atom stereocenters. The monoisotopic (exact) mass is 554 g/mol. The second-order valence-corrected chi connectivity index (χ2v) is 8.92. The molecule has 0 saturated heterocycles. The molecule has 7 nitrogen and oxygen atoms in total. The van der Waals surface area contributed by atoms with Gasteiger partial charge in [0.15, 0.2) is 17.4 Å². The molecule has 2 unspecified atom stereocenters. The van der Waals surface area contributed by atoms with E-state index in [2.05, 4.69) is 10.6 Å². The maximum Gasteiger partial charge on any atom is 0.490 e. The predicted molar refractivity (Wildman–Crippen MR) is 131 cm³/mol. The average Bonchev–Trinajstić information content (AvgIpc) is 3.41. The second-order valence-electron chi connectivity index (χ2n) is 7.95. The summed E-state index contributed by atoms with van der Waals surface area (Å²) in [7, 11) is 0. The van der Waals surface area contributed by atoms with Gasteiger partial charge in [-0.05, 0) is 53.8 Å². The van der Waals surface area contributed by atoms with Crippen molar-refractivity contribution in [1.29, 1.82) is 0 Å². The molecule has 0 radical (unpaired) electrons. The number of rotatable bonds is 7. The third-order valence-corrected chi connectivity index (χ3v) is 6.24. The second kappa shape index (κ2) is 11.5. The average molecular weight is 554 g/mol. The van der Waals surface area contributed by atoms with Crippen molar-refractivity contribution in [2.45, 2.75) is 25.2 Å². The first-order chi connectivity index (χ1) is 17.8. The molecule has 0 aliphatic rings. The SMILES string of the molecule is CC(NC(c1cccc(Nc2c(O)c(=O)c2=O)c1)c1cccs1)c1ccc(F)c(F)c1.O=C(O)C(F)(F)F. The van der Waals surface area contributed by atoms with E-state index in [1.807, 2.05) is 30.5 Å². The zero-order valence-electron chi connectivity index (χ0n) is 19.3. The standard InChI is InChI=1S/C23H18F2N2O3S.C2HF3O2/c1-12(13-7-8-16(24)17(25)11-13)26-19(18-6-3-9-31-18)14-4-2-5-15(10-14)27-20-21(28)23(30)22(20)29;3-2(4,5)1(6)7/h2-12,19,26-28H,1H3;(H,6,7). The van der Waals surface area contributed by atoms with Gasteiger partial charge in [-0.2, -0.15) is 13.2 Å². The zero-order valence-corrected chi connectivity index (χ0v) is 20.2. The molecular formula is C25H19F5N2O5S. The van der Waals surface area contributed by atoms with Gasteiger partial charge in [-0.15, -0.1) is 11.3 Å². The summed E-state index contributed by atoms with van der Waals surface area (Å²) in [5.41, 5.74) is 0.185. The Balaban J connectivity index is 0.000000505. The number of benzene rings is 2. The lowest BCUT2D eigenvalue weighted by molar-refractivity contribution is -0.192. The van der Waals surface area contributed by atoms with Crippen molar-refractivity contribution in [3.8, 4) is 5.75 Å². The summed E-state index contributed by atoms with van der Waals surface area (Å²) in [4.78, 5) is 32.8. The van der Waals surface area contributed by atoms with Crippen LogP contribution in [0.5, 0.6) is 5.75 Å². The number of alkyl halides is 3. The Labute approximate surface area is 215 Å². The lowest BCUT2D eigenvalue weighted by Gasteiger charge is -2.24. The van der Waals surface area contributed by atoms with Gasteiger partial charge < -0.3 is 15.5 Å². The number of nitrogens with one attached hydrogen (secondary N) is 2. The number of hydrogen-bond donors (Lipinski definition) is 4. The first kappa shape index (κ1) is 28.5. The van der Waals surface area contributed by atoms with Crippen molar-refractivity contribution in [3.63, 3.8) is 0 Å². The molecule has 1 heterocycles. The molecule has 200 valence electrons. The molecule has 4 aromatic rings. The highest BCUT2D eigenvalue weighted by Crippen LogP contribution is 2.32. The van der Waals surface area contributed by atoms with Crippen molar-refractivity contribution in [2.24, 2.45) is 0 Å². The van der Waals surface area contributed by atoms with Crippen LogP contribution in [-0.4, -0.2) is 22.4 Å². The van der Waals surface area contributed by atoms with Crippen LogP contribution in [0.15, 0.2) is 69.6 Å². The fraction of sp³-hybridized carbons (Fsp3) is 0.160. The Bertz CT molecular complexity index is 1500. The number of carboxylic acid groups (broad SMARTS) is 1. The smallest absolute Gasteiger partial charge is 0.490 e. The molecular weight excluding hydrogens is 535 g/mol. The molecule has 0 aliphatic carbocycles. The van der Waals surface area contributed by atoms with Crippen LogP contribution in [0.25, 0.3) is 0 Å². The van der Waals surface area contributed by atoms with Gasteiger partial charge in [-0.3, -0.25) is 14.9 Å². The largest absolute Gasteiger partial charge is 0.502 e. The number of aromatic hydroxyl groups is 1. The highest BCUT2D eigenvalue weighted by atomic mass is 32.1. The fourth-order valence-electron chi connectivity index (χ4n) is 3.36. The van der Waals surface area contributed by atoms with Gasteiger partial charge in [-0.25, -0.2) is 13.6 Å². The van der Waals surface area contributed by atoms with Crippen molar-refractivity contribution in [2.75, 3.05) is 5.32 Å². The van der Waals surface area contributed by atoms with Crippen molar-refractivity contribution in [1.82, 2.24) is 5.32 Å². The number of halogens is 5. The summed E-state index contributed by atoms with van der Waals surface area (Å²) in [6, 6.07) is 14.3. The molecule has 0 amide bonds. The zero-order chi connectivity index (χ0) is 28.2. The molecule has 3 aromatic carbocycles. The minimum Gasteiger partial charge on any atom is -0.502 e. The lowest BCUT2D eigenvalue weighted by Crippen LogP contribution is -2.32. The van der Waals surface area contributed by atoms with Crippen molar-refractivity contribution < 1.29 is 37.0 Å². The van der Waals surface area contributed by atoms with E-state index in [1.165, 1.54) is 12.1 Å². The molecule has 38 heavy (non-hydrogen) atoms. The Morgan fingerprint density at radius 3 is 2.18 bits per heavy atom. The fourth-order valence-corrected chi connectivity index (χ4v) is 4.17. The normalized spacial score (nSPS) is 12.9. The van der Waals surface area contributed by atoms with E-state index in [0.717, 1.165) is 16.5 Å². The van der Waals surface area contributed by atoms with Crippen LogP contribution < -0.4 is 21.5 Å². The number of aliphatic carboxylic acids is 1. The number of carbonyl (C=O) groups is 1. The maximum absolute atomic E-state index is 13.7. The van der Waals surface area contributed by atoms with E-state index >= 15 is 0 Å². The maximum atomic E-state index is 13.7. The number of hydrogen-bond acceptors (Lipinski definition) is 7. The third kappa shape index (κ3) is 6.61. The van der Waals surface area contributed by atoms with E-state index < -0.39 is 40.4 Å². The van der Waals surface area contributed by atoms with Crippen molar-refractivity contribution >= 4 is 28.7 Å². The topological polar surface area (TPSA) is 116 Å². The first-order valence-electron chi connectivity index (χ1n) is 10.7. The number of thiophene rings is 1. The first-order valence-corrected chi connectivity index (χ1v) is 11.6. The molecule has 0 spiro atoms. The van der Waals surface area contributed by atoms with Crippen molar-refractivity contribution in [3.05, 3.63) is 108 Å². The molecule has 0 aliphatic heterocycles. The Morgan fingerprint density at radius 2 is 1.63 bits per heavy atom. The molecule has 1 aromatic heterocycles. The van der Waals surface area contributed by atoms with Crippen LogP contribution >= 0.6 is 11.3 Å². The quantitative estimate of drug-likeness (QED) is 0.185. The minimum absolute atomic E-state index is 0.127. The van der Waals surface area contributed by atoms with E-state index in [1.54, 1.807) is 29.5 Å². The van der Waals surface area contributed by atoms with Gasteiger partial charge in [0.2, 0.25) is 0 Å². The Hall–Kier alpha value is -4.10. The van der Waals surface area contributed by atoms with Gasteiger partial charge in [0.1, 0.15) is 5.69 Å². The van der Waals surface area contributed by atoms with Gasteiger partial charge in [0, 0.05) is 16.6 Å². The van der Waals surface area contributed by atoms with Crippen LogP contribution in [0.1, 0.15) is 35.0 Å². The lowest BCUT2D eigenvalue weighted by atomic mass is 10.0. The van der Waals surface area contributed by atoms with Crippen LogP contribution in [-0.2, 0) is 4.79 Å². The summed E-state index contributed by atoms with van der Waals surface area (Å²) in [5.74, 6) is -5.13. The molecule has 0 bridgehead atoms. The van der Waals surface area contributed by atoms with Gasteiger partial charge in [-0.1, -0.05) is 24.3 Å². The molecule has 0 fully saturated rings. The molecule has 4 N–H and O–H groups in total. The minimum atomic E-state index is -5.08. The van der Waals surface area contributed by atoms with Crippen LogP contribution in [0.4, 0.5) is 33.3 Å². The van der Waals surface area contributed by atoms with Gasteiger partial charge in [0.25, 0.3) is 10.9 Å². The van der Waals surface area contributed by atoms with E-state index in [4.69, 9.17) is 9.90 Å². The van der Waals surface area contributed by atoms with Crippen LogP contribution in [0.3, 0.4) is 0 Å². The molecule has 0 saturated carbocycles. The van der Waals surface area contributed by atoms with E-state index in [9.17, 15) is 36.6 Å². The van der Waals surface area contributed by atoms with Crippen LogP contribution in [0.2, 0.25) is 0 Å². The summed E-state index contributed by atoms with van der Waals surface area (Å²) in [6.45, 7) is 1.86. The van der Waals surface area contributed by atoms with E-state index in [0.29, 0.717) is 11.3 Å². The Kier molecular flexibility index (Phi) is 8.63. The number of anilines is 2. The molecule has 4 rings (SSSR count). The van der Waals surface area contributed by atoms with Gasteiger partial charge in [0.05, 0.1) is 6.04 Å². The summed E-state index contributed by atoms with van der Waals surface area (Å²) < 4.78 is 58.7. The predicted octanol–water partition coefficient (Wildman–Crippen LogP) is 5.15. The third-order valence-electron chi connectivity index (χ3n) is 5.30. The van der Waals surface area contributed by atoms with E-state index in [-0.39, 0.29) is 17.8 Å². The summed E-state index contributed by atoms with van der Waals surface area (Å²) in [6.07, 6.45) is -5.08.